The first-order valence-electron chi connectivity index (χ1n) is 5.90. The molecule has 1 rings (SSSR count). The van der Waals surface area contributed by atoms with Gasteiger partial charge in [-0.15, -0.1) is 0 Å². The van der Waals surface area contributed by atoms with E-state index in [1.54, 1.807) is 39.5 Å². The molecule has 0 saturated heterocycles. The van der Waals surface area contributed by atoms with Gasteiger partial charge in [0.2, 0.25) is 0 Å². The molecule has 100 valence electrons. The summed E-state index contributed by atoms with van der Waals surface area (Å²) in [6.07, 6.45) is 1.19. The Morgan fingerprint density at radius 2 is 1.94 bits per heavy atom. The van der Waals surface area contributed by atoms with Crippen molar-refractivity contribution in [2.75, 3.05) is 21.3 Å². The molecule has 0 aliphatic rings. The quantitative estimate of drug-likeness (QED) is 0.700. The number of benzene rings is 1. The number of methoxy groups -OCH3 is 3. The van der Waals surface area contributed by atoms with Crippen LogP contribution in [-0.4, -0.2) is 33.2 Å². The molecule has 1 unspecified atom stereocenters. The molecule has 0 bridgehead atoms. The van der Waals surface area contributed by atoms with Crippen molar-refractivity contribution in [3.05, 3.63) is 23.8 Å². The lowest BCUT2D eigenvalue weighted by Gasteiger charge is -2.11. The molecule has 0 radical (unpaired) electrons. The summed E-state index contributed by atoms with van der Waals surface area (Å²) in [6, 6.07) is 5.22. The molecule has 0 saturated carbocycles. The summed E-state index contributed by atoms with van der Waals surface area (Å²) in [5.74, 6) is 1.26. The average molecular weight is 252 g/mol. The van der Waals surface area contributed by atoms with Crippen LogP contribution in [0.5, 0.6) is 11.5 Å². The highest BCUT2D eigenvalue weighted by Crippen LogP contribution is 2.25. The number of hydrogen-bond acceptors (Lipinski definition) is 4. The molecule has 4 heteroatoms. The number of ketones is 1. The second-order valence-corrected chi connectivity index (χ2v) is 4.07. The maximum Gasteiger partial charge on any atom is 0.166 e. The molecular formula is C14H20O4. The average Bonchev–Trinajstić information content (AvgIpc) is 2.43. The molecule has 4 nitrogen and oxygen atoms in total. The number of Topliss-reactive ketones (excluding diaryl/α,β-unsaturated/α-hetero) is 1. The van der Waals surface area contributed by atoms with Gasteiger partial charge in [0.1, 0.15) is 11.5 Å². The molecular weight excluding hydrogens is 232 g/mol. The van der Waals surface area contributed by atoms with Gasteiger partial charge in [-0.3, -0.25) is 4.79 Å². The van der Waals surface area contributed by atoms with Crippen LogP contribution in [0.2, 0.25) is 0 Å². The molecule has 0 aliphatic heterocycles. The lowest BCUT2D eigenvalue weighted by molar-refractivity contribution is 0.0875. The standard InChI is InChI=1S/C14H20O4/c1-10(16-2)5-7-13(15)12-9-11(17-3)6-8-14(12)18-4/h6,8-10H,5,7H2,1-4H3. The summed E-state index contributed by atoms with van der Waals surface area (Å²) in [7, 11) is 4.76. The Hall–Kier alpha value is -1.55. The van der Waals surface area contributed by atoms with Gasteiger partial charge in [0.25, 0.3) is 0 Å². The van der Waals surface area contributed by atoms with Crippen molar-refractivity contribution < 1.29 is 19.0 Å². The van der Waals surface area contributed by atoms with Gasteiger partial charge in [0, 0.05) is 13.5 Å². The van der Waals surface area contributed by atoms with Gasteiger partial charge in [0.05, 0.1) is 25.9 Å². The van der Waals surface area contributed by atoms with E-state index in [9.17, 15) is 4.79 Å². The van der Waals surface area contributed by atoms with Gasteiger partial charge in [0.15, 0.2) is 5.78 Å². The molecule has 0 N–H and O–H groups in total. The smallest absolute Gasteiger partial charge is 0.166 e. The normalized spacial score (nSPS) is 12.0. The van der Waals surface area contributed by atoms with E-state index >= 15 is 0 Å². The molecule has 0 spiro atoms. The van der Waals surface area contributed by atoms with E-state index in [1.165, 1.54) is 0 Å². The van der Waals surface area contributed by atoms with E-state index in [2.05, 4.69) is 0 Å². The summed E-state index contributed by atoms with van der Waals surface area (Å²) in [6.45, 7) is 1.94. The van der Waals surface area contributed by atoms with Gasteiger partial charge < -0.3 is 14.2 Å². The minimum Gasteiger partial charge on any atom is -0.497 e. The maximum atomic E-state index is 12.1. The SMILES string of the molecule is COc1ccc(OC)c(C(=O)CCC(C)OC)c1. The molecule has 1 atom stereocenters. The lowest BCUT2D eigenvalue weighted by atomic mass is 10.0. The third-order valence-corrected chi connectivity index (χ3v) is 2.89. The van der Waals surface area contributed by atoms with Gasteiger partial charge in [-0.2, -0.15) is 0 Å². The second kappa shape index (κ2) is 7.01. The Bertz CT molecular complexity index is 401. The maximum absolute atomic E-state index is 12.1. The van der Waals surface area contributed by atoms with E-state index in [0.29, 0.717) is 29.9 Å². The van der Waals surface area contributed by atoms with E-state index < -0.39 is 0 Å². The van der Waals surface area contributed by atoms with Crippen LogP contribution in [0.25, 0.3) is 0 Å². The molecule has 1 aromatic rings. The Kier molecular flexibility index (Phi) is 5.65. The largest absolute Gasteiger partial charge is 0.497 e. The molecule has 18 heavy (non-hydrogen) atoms. The van der Waals surface area contributed by atoms with Crippen LogP contribution >= 0.6 is 0 Å². The van der Waals surface area contributed by atoms with Crippen LogP contribution in [0.15, 0.2) is 18.2 Å². The highest BCUT2D eigenvalue weighted by Gasteiger charge is 2.14. The van der Waals surface area contributed by atoms with Crippen molar-refractivity contribution >= 4 is 5.78 Å². The molecule has 0 heterocycles. The Balaban J connectivity index is 2.82. The molecule has 0 aromatic heterocycles. The fourth-order valence-corrected chi connectivity index (χ4v) is 1.62. The van der Waals surface area contributed by atoms with E-state index in [4.69, 9.17) is 14.2 Å². The highest BCUT2D eigenvalue weighted by molar-refractivity contribution is 5.99. The summed E-state index contributed by atoms with van der Waals surface area (Å²) in [4.78, 5) is 12.1. The first kappa shape index (κ1) is 14.5. The third kappa shape index (κ3) is 3.74. The van der Waals surface area contributed by atoms with Crippen LogP contribution in [-0.2, 0) is 4.74 Å². The van der Waals surface area contributed by atoms with Crippen LogP contribution in [0.4, 0.5) is 0 Å². The van der Waals surface area contributed by atoms with E-state index in [0.717, 1.165) is 0 Å². The molecule has 0 fully saturated rings. The number of carbonyl (C=O) groups excluding carboxylic acids is 1. The van der Waals surface area contributed by atoms with Crippen molar-refractivity contribution in [2.24, 2.45) is 0 Å². The lowest BCUT2D eigenvalue weighted by Crippen LogP contribution is -2.09. The topological polar surface area (TPSA) is 44.8 Å². The first-order chi connectivity index (χ1) is 8.62. The zero-order valence-electron chi connectivity index (χ0n) is 11.4. The van der Waals surface area contributed by atoms with Crippen molar-refractivity contribution in [3.8, 4) is 11.5 Å². The zero-order chi connectivity index (χ0) is 13.5. The van der Waals surface area contributed by atoms with Gasteiger partial charge in [-0.25, -0.2) is 0 Å². The van der Waals surface area contributed by atoms with E-state index in [-0.39, 0.29) is 11.9 Å². The number of carbonyl (C=O) groups is 1. The summed E-state index contributed by atoms with van der Waals surface area (Å²) in [5, 5.41) is 0. The minimum absolute atomic E-state index is 0.0367. The Morgan fingerprint density at radius 1 is 1.22 bits per heavy atom. The van der Waals surface area contributed by atoms with Crippen LogP contribution in [0.3, 0.4) is 0 Å². The molecule has 0 aliphatic carbocycles. The molecule has 0 amide bonds. The van der Waals surface area contributed by atoms with E-state index in [1.807, 2.05) is 6.92 Å². The summed E-state index contributed by atoms with van der Waals surface area (Å²) in [5.41, 5.74) is 0.556. The van der Waals surface area contributed by atoms with Crippen molar-refractivity contribution in [3.63, 3.8) is 0 Å². The fraction of sp³-hybridized carbons (Fsp3) is 0.500. The highest BCUT2D eigenvalue weighted by atomic mass is 16.5. The van der Waals surface area contributed by atoms with Crippen LogP contribution < -0.4 is 9.47 Å². The van der Waals surface area contributed by atoms with Gasteiger partial charge in [-0.05, 0) is 31.5 Å². The number of ether oxygens (including phenoxy) is 3. The Morgan fingerprint density at radius 3 is 2.50 bits per heavy atom. The summed E-state index contributed by atoms with van der Waals surface area (Å²) >= 11 is 0. The zero-order valence-corrected chi connectivity index (χ0v) is 11.4. The predicted octanol–water partition coefficient (Wildman–Crippen LogP) is 2.70. The van der Waals surface area contributed by atoms with Crippen molar-refractivity contribution in [2.45, 2.75) is 25.9 Å². The van der Waals surface area contributed by atoms with Crippen molar-refractivity contribution in [1.82, 2.24) is 0 Å². The molecule has 1 aromatic carbocycles. The van der Waals surface area contributed by atoms with Gasteiger partial charge in [-0.1, -0.05) is 0 Å². The van der Waals surface area contributed by atoms with Crippen LogP contribution in [0.1, 0.15) is 30.1 Å². The monoisotopic (exact) mass is 252 g/mol. The third-order valence-electron chi connectivity index (χ3n) is 2.89. The van der Waals surface area contributed by atoms with Gasteiger partial charge >= 0.3 is 0 Å². The number of rotatable bonds is 7. The second-order valence-electron chi connectivity index (χ2n) is 4.07. The minimum atomic E-state index is 0.0367. The number of hydrogen-bond donors (Lipinski definition) is 0. The predicted molar refractivity (Wildman–Crippen MR) is 69.6 cm³/mol. The van der Waals surface area contributed by atoms with Crippen molar-refractivity contribution in [1.29, 1.82) is 0 Å². The first-order valence-corrected chi connectivity index (χ1v) is 5.90. The summed E-state index contributed by atoms with van der Waals surface area (Å²) < 4.78 is 15.4. The van der Waals surface area contributed by atoms with Crippen LogP contribution in [0, 0.1) is 0 Å². The Labute approximate surface area is 108 Å². The fourth-order valence-electron chi connectivity index (χ4n) is 1.62.